The predicted octanol–water partition coefficient (Wildman–Crippen LogP) is 3.97. The molecule has 1 saturated carbocycles. The summed E-state index contributed by atoms with van der Waals surface area (Å²) in [5.41, 5.74) is 1.29. The Morgan fingerprint density at radius 2 is 1.65 bits per heavy atom. The third kappa shape index (κ3) is 6.32. The summed E-state index contributed by atoms with van der Waals surface area (Å²) in [5.74, 6) is 0.853. The van der Waals surface area contributed by atoms with E-state index in [2.05, 4.69) is 10.0 Å². The molecule has 1 aliphatic carbocycles. The lowest BCUT2D eigenvalue weighted by Crippen LogP contribution is -2.36. The van der Waals surface area contributed by atoms with Gasteiger partial charge in [-0.2, -0.15) is 0 Å². The summed E-state index contributed by atoms with van der Waals surface area (Å²) in [6.07, 6.45) is 8.07. The van der Waals surface area contributed by atoms with Crippen LogP contribution in [0.4, 0.5) is 5.69 Å². The Balaban J connectivity index is 1.60. The molecule has 2 aromatic carbocycles. The molecule has 0 aromatic heterocycles. The summed E-state index contributed by atoms with van der Waals surface area (Å²) in [6.45, 7) is 0. The molecule has 3 rings (SSSR count). The highest BCUT2D eigenvalue weighted by molar-refractivity contribution is 7.89. The van der Waals surface area contributed by atoms with Gasteiger partial charge in [0.25, 0.3) is 0 Å². The number of carbonyl (C=O) groups excluding carboxylic acids is 1. The van der Waals surface area contributed by atoms with Gasteiger partial charge in [-0.05, 0) is 60.9 Å². The van der Waals surface area contributed by atoms with Crippen molar-refractivity contribution in [3.8, 4) is 11.5 Å². The standard InChI is InChI=1S/C23H28N2O5S/c1-29-21-14-8-17(16-22(21)30-2)9-15-23(26)24-18-10-12-20(13-11-18)31(27,28)25-19-6-4-3-5-7-19/h8-16,19,25H,3-7H2,1-2H3,(H,24,26)/b15-9+. The van der Waals surface area contributed by atoms with E-state index in [9.17, 15) is 13.2 Å². The van der Waals surface area contributed by atoms with Crippen LogP contribution >= 0.6 is 0 Å². The lowest BCUT2D eigenvalue weighted by Gasteiger charge is -2.22. The summed E-state index contributed by atoms with van der Waals surface area (Å²) in [4.78, 5) is 12.4. The molecule has 7 nitrogen and oxygen atoms in total. The fourth-order valence-electron chi connectivity index (χ4n) is 3.54. The first kappa shape index (κ1) is 22.8. The Kier molecular flexibility index (Phi) is 7.70. The van der Waals surface area contributed by atoms with Gasteiger partial charge in [0, 0.05) is 17.8 Å². The van der Waals surface area contributed by atoms with Crippen molar-refractivity contribution >= 4 is 27.7 Å². The number of nitrogens with one attached hydrogen (secondary N) is 2. The molecule has 0 bridgehead atoms. The van der Waals surface area contributed by atoms with Crippen LogP contribution in [0.2, 0.25) is 0 Å². The van der Waals surface area contributed by atoms with Crippen molar-refractivity contribution in [2.75, 3.05) is 19.5 Å². The largest absolute Gasteiger partial charge is 0.493 e. The van der Waals surface area contributed by atoms with Gasteiger partial charge in [0.05, 0.1) is 19.1 Å². The van der Waals surface area contributed by atoms with E-state index in [0.717, 1.165) is 37.7 Å². The fraction of sp³-hybridized carbons (Fsp3) is 0.348. The average molecular weight is 445 g/mol. The molecule has 1 amide bonds. The van der Waals surface area contributed by atoms with Crippen molar-refractivity contribution < 1.29 is 22.7 Å². The molecule has 0 radical (unpaired) electrons. The second kappa shape index (κ2) is 10.5. The van der Waals surface area contributed by atoms with Crippen molar-refractivity contribution in [1.82, 2.24) is 4.72 Å². The van der Waals surface area contributed by atoms with Crippen LogP contribution < -0.4 is 19.5 Å². The molecule has 1 fully saturated rings. The topological polar surface area (TPSA) is 93.7 Å². The lowest BCUT2D eigenvalue weighted by atomic mass is 9.96. The van der Waals surface area contributed by atoms with Gasteiger partial charge >= 0.3 is 0 Å². The zero-order chi connectivity index (χ0) is 22.3. The van der Waals surface area contributed by atoms with Gasteiger partial charge in [-0.25, -0.2) is 13.1 Å². The Morgan fingerprint density at radius 1 is 0.968 bits per heavy atom. The summed E-state index contributed by atoms with van der Waals surface area (Å²) in [5, 5.41) is 2.73. The van der Waals surface area contributed by atoms with Crippen molar-refractivity contribution in [3.05, 3.63) is 54.1 Å². The van der Waals surface area contributed by atoms with Crippen molar-refractivity contribution in [2.45, 2.75) is 43.0 Å². The fourth-order valence-corrected chi connectivity index (χ4v) is 4.84. The number of sulfonamides is 1. The third-order valence-electron chi connectivity index (χ3n) is 5.19. The molecule has 8 heteroatoms. The molecule has 0 spiro atoms. The van der Waals surface area contributed by atoms with Crippen molar-refractivity contribution in [1.29, 1.82) is 0 Å². The number of carbonyl (C=O) groups is 1. The number of ether oxygens (including phenoxy) is 2. The van der Waals surface area contributed by atoms with Crippen LogP contribution in [0.3, 0.4) is 0 Å². The molecular formula is C23H28N2O5S. The van der Waals surface area contributed by atoms with E-state index in [0.29, 0.717) is 17.2 Å². The first-order valence-corrected chi connectivity index (χ1v) is 11.7. The van der Waals surface area contributed by atoms with Crippen LogP contribution in [0.1, 0.15) is 37.7 Å². The number of rotatable bonds is 8. The summed E-state index contributed by atoms with van der Waals surface area (Å²) < 4.78 is 38.4. The van der Waals surface area contributed by atoms with E-state index >= 15 is 0 Å². The Bertz CT molecular complexity index is 1030. The molecule has 31 heavy (non-hydrogen) atoms. The molecule has 0 saturated heterocycles. The van der Waals surface area contributed by atoms with Crippen LogP contribution in [-0.2, 0) is 14.8 Å². The molecule has 2 N–H and O–H groups in total. The number of amides is 1. The van der Waals surface area contributed by atoms with Gasteiger partial charge in [0.1, 0.15) is 0 Å². The normalized spacial score (nSPS) is 15.0. The zero-order valence-corrected chi connectivity index (χ0v) is 18.6. The van der Waals surface area contributed by atoms with Gasteiger partial charge in [0.2, 0.25) is 15.9 Å². The second-order valence-corrected chi connectivity index (χ2v) is 9.13. The van der Waals surface area contributed by atoms with Crippen molar-refractivity contribution in [2.24, 2.45) is 0 Å². The molecule has 0 atom stereocenters. The van der Waals surface area contributed by atoms with E-state index < -0.39 is 10.0 Å². The van der Waals surface area contributed by atoms with Gasteiger partial charge in [-0.3, -0.25) is 4.79 Å². The van der Waals surface area contributed by atoms with Gasteiger partial charge in [0.15, 0.2) is 11.5 Å². The molecule has 0 unspecified atom stereocenters. The zero-order valence-electron chi connectivity index (χ0n) is 17.8. The maximum absolute atomic E-state index is 12.6. The van der Waals surface area contributed by atoms with Crippen LogP contribution in [0, 0.1) is 0 Å². The van der Waals surface area contributed by atoms with Crippen LogP contribution in [0.5, 0.6) is 11.5 Å². The maximum Gasteiger partial charge on any atom is 0.248 e. The van der Waals surface area contributed by atoms with E-state index in [1.807, 2.05) is 6.07 Å². The minimum Gasteiger partial charge on any atom is -0.493 e. The van der Waals surface area contributed by atoms with Gasteiger partial charge in [-0.15, -0.1) is 0 Å². The summed E-state index contributed by atoms with van der Waals surface area (Å²) >= 11 is 0. The molecule has 0 heterocycles. The van der Waals surface area contributed by atoms with E-state index in [1.165, 1.54) is 18.2 Å². The first-order chi connectivity index (χ1) is 14.9. The number of hydrogen-bond acceptors (Lipinski definition) is 5. The lowest BCUT2D eigenvalue weighted by molar-refractivity contribution is -0.111. The SMILES string of the molecule is COc1ccc(/C=C/C(=O)Nc2ccc(S(=O)(=O)NC3CCCCC3)cc2)cc1OC. The number of benzene rings is 2. The van der Waals surface area contributed by atoms with E-state index in [-0.39, 0.29) is 16.8 Å². The predicted molar refractivity (Wildman–Crippen MR) is 121 cm³/mol. The highest BCUT2D eigenvalue weighted by Gasteiger charge is 2.21. The summed E-state index contributed by atoms with van der Waals surface area (Å²) in [7, 11) is -0.455. The summed E-state index contributed by atoms with van der Waals surface area (Å²) in [6, 6.07) is 11.5. The third-order valence-corrected chi connectivity index (χ3v) is 6.73. The molecule has 166 valence electrons. The average Bonchev–Trinajstić information content (AvgIpc) is 2.78. The number of hydrogen-bond donors (Lipinski definition) is 2. The molecular weight excluding hydrogens is 416 g/mol. The number of anilines is 1. The molecule has 0 aliphatic heterocycles. The van der Waals surface area contributed by atoms with Crippen LogP contribution in [-0.4, -0.2) is 34.6 Å². The highest BCUT2D eigenvalue weighted by atomic mass is 32.2. The van der Waals surface area contributed by atoms with E-state index in [1.54, 1.807) is 44.6 Å². The number of methoxy groups -OCH3 is 2. The first-order valence-electron chi connectivity index (χ1n) is 10.2. The monoisotopic (exact) mass is 444 g/mol. The van der Waals surface area contributed by atoms with Crippen LogP contribution in [0.15, 0.2) is 53.4 Å². The van der Waals surface area contributed by atoms with Crippen molar-refractivity contribution in [3.63, 3.8) is 0 Å². The van der Waals surface area contributed by atoms with Gasteiger partial charge < -0.3 is 14.8 Å². The Labute approximate surface area is 183 Å². The van der Waals surface area contributed by atoms with Crippen LogP contribution in [0.25, 0.3) is 6.08 Å². The minimum absolute atomic E-state index is 0.000143. The molecule has 2 aromatic rings. The quantitative estimate of drug-likeness (QED) is 0.601. The minimum atomic E-state index is -3.56. The van der Waals surface area contributed by atoms with E-state index in [4.69, 9.17) is 9.47 Å². The highest BCUT2D eigenvalue weighted by Crippen LogP contribution is 2.28. The van der Waals surface area contributed by atoms with Gasteiger partial charge in [-0.1, -0.05) is 25.3 Å². The Hall–Kier alpha value is -2.84. The second-order valence-electron chi connectivity index (χ2n) is 7.42. The molecule has 1 aliphatic rings. The maximum atomic E-state index is 12.6. The smallest absolute Gasteiger partial charge is 0.248 e. The Morgan fingerprint density at radius 3 is 2.29 bits per heavy atom.